The van der Waals surface area contributed by atoms with Crippen molar-refractivity contribution in [1.29, 1.82) is 0 Å². The zero-order valence-electron chi connectivity index (χ0n) is 23.9. The number of anilines is 2. The van der Waals surface area contributed by atoms with Crippen LogP contribution in [0.5, 0.6) is 0 Å². The summed E-state index contributed by atoms with van der Waals surface area (Å²) in [7, 11) is 1.19. The van der Waals surface area contributed by atoms with Crippen LogP contribution in [0.4, 0.5) is 29.3 Å². The second kappa shape index (κ2) is 13.8. The number of rotatable bonds is 5. The molecule has 1 aliphatic rings. The van der Waals surface area contributed by atoms with E-state index in [1.165, 1.54) is 30.3 Å². The van der Waals surface area contributed by atoms with Gasteiger partial charge < -0.3 is 15.4 Å². The Kier molecular flexibility index (Phi) is 9.62. The van der Waals surface area contributed by atoms with Crippen LogP contribution >= 0.6 is 11.6 Å². The van der Waals surface area contributed by atoms with E-state index in [4.69, 9.17) is 11.6 Å². The van der Waals surface area contributed by atoms with Gasteiger partial charge >= 0.3 is 12.3 Å². The number of pyridine rings is 1. The van der Waals surface area contributed by atoms with E-state index < -0.39 is 30.3 Å². The number of carbonyl (C=O) groups is 2. The lowest BCUT2D eigenvalue weighted by Gasteiger charge is -2.26. The van der Waals surface area contributed by atoms with Gasteiger partial charge in [-0.2, -0.15) is 17.9 Å². The number of nitrogens with zero attached hydrogens (tertiary/aromatic N) is 5. The predicted octanol–water partition coefficient (Wildman–Crippen LogP) is 6.34. The third-order valence-electron chi connectivity index (χ3n) is 7.18. The SMILES string of the molecule is COC(=O)Nc1ccc2c(c1)NC(C(F)(F)F)CCCC[C@H](NC(=O)/C=C/c1cc(Cl)ccc1-n1cnnn1)c1cc-2ccn1. The Hall–Kier alpha value is -4.98. The molecule has 0 spiro atoms. The van der Waals surface area contributed by atoms with Gasteiger partial charge in [-0.3, -0.25) is 15.1 Å². The highest BCUT2D eigenvalue weighted by Gasteiger charge is 2.39. The maximum absolute atomic E-state index is 14.1. The highest BCUT2D eigenvalue weighted by Crippen LogP contribution is 2.36. The van der Waals surface area contributed by atoms with Crippen molar-refractivity contribution in [2.24, 2.45) is 0 Å². The summed E-state index contributed by atoms with van der Waals surface area (Å²) in [6, 6.07) is 10.6. The summed E-state index contributed by atoms with van der Waals surface area (Å²) < 4.78 is 48.4. The second-order valence-electron chi connectivity index (χ2n) is 10.2. The number of alkyl halides is 3. The van der Waals surface area contributed by atoms with Gasteiger partial charge in [0, 0.05) is 39.8 Å². The van der Waals surface area contributed by atoms with Crippen molar-refractivity contribution in [1.82, 2.24) is 30.5 Å². The Balaban J connectivity index is 1.45. The van der Waals surface area contributed by atoms with Crippen LogP contribution < -0.4 is 16.0 Å². The zero-order valence-corrected chi connectivity index (χ0v) is 24.6. The van der Waals surface area contributed by atoms with Crippen LogP contribution in [0.1, 0.15) is 43.0 Å². The number of fused-ring (bicyclic) bond motifs is 4. The van der Waals surface area contributed by atoms with Gasteiger partial charge in [0.25, 0.3) is 0 Å². The molecular formula is C30H28ClF3N8O3. The highest BCUT2D eigenvalue weighted by molar-refractivity contribution is 6.30. The van der Waals surface area contributed by atoms with E-state index in [0.717, 1.165) is 0 Å². The highest BCUT2D eigenvalue weighted by atomic mass is 35.5. The molecule has 45 heavy (non-hydrogen) atoms. The molecule has 0 fully saturated rings. The largest absolute Gasteiger partial charge is 0.453 e. The van der Waals surface area contributed by atoms with E-state index in [0.29, 0.717) is 45.9 Å². The molecule has 0 aliphatic carbocycles. The first-order valence-corrected chi connectivity index (χ1v) is 14.3. The topological polar surface area (TPSA) is 136 Å². The van der Waals surface area contributed by atoms with Gasteiger partial charge in [-0.15, -0.1) is 5.10 Å². The van der Waals surface area contributed by atoms with E-state index in [1.807, 2.05) is 0 Å². The third kappa shape index (κ3) is 7.95. The van der Waals surface area contributed by atoms with E-state index in [1.54, 1.807) is 54.7 Å². The van der Waals surface area contributed by atoms with Crippen molar-refractivity contribution in [3.05, 3.63) is 83.4 Å². The van der Waals surface area contributed by atoms with Gasteiger partial charge in [0.2, 0.25) is 5.91 Å². The number of methoxy groups -OCH3 is 1. The van der Waals surface area contributed by atoms with Crippen LogP contribution in [0.25, 0.3) is 22.9 Å². The Labute approximate surface area is 260 Å². The molecule has 1 aliphatic heterocycles. The number of carbonyl (C=O) groups excluding carboxylic acids is 2. The molecule has 3 heterocycles. The van der Waals surface area contributed by atoms with Gasteiger partial charge in [0.1, 0.15) is 12.4 Å². The molecule has 0 saturated carbocycles. The molecular weight excluding hydrogens is 613 g/mol. The summed E-state index contributed by atoms with van der Waals surface area (Å²) in [6.45, 7) is 0. The van der Waals surface area contributed by atoms with Crippen molar-refractivity contribution >= 4 is 41.1 Å². The van der Waals surface area contributed by atoms with Crippen LogP contribution in [-0.2, 0) is 9.53 Å². The van der Waals surface area contributed by atoms with Crippen LogP contribution in [0.2, 0.25) is 5.02 Å². The van der Waals surface area contributed by atoms with Gasteiger partial charge in [-0.1, -0.05) is 30.5 Å². The maximum atomic E-state index is 14.1. The lowest BCUT2D eigenvalue weighted by Crippen LogP contribution is -2.36. The first kappa shape index (κ1) is 31.4. The van der Waals surface area contributed by atoms with E-state index in [2.05, 4.69) is 41.2 Å². The Morgan fingerprint density at radius 3 is 2.69 bits per heavy atom. The number of aromatic nitrogens is 5. The number of hydrogen-bond donors (Lipinski definition) is 3. The van der Waals surface area contributed by atoms with Crippen LogP contribution in [-0.4, -0.2) is 56.5 Å². The fraction of sp³-hybridized carbons (Fsp3) is 0.267. The molecule has 0 radical (unpaired) electrons. The summed E-state index contributed by atoms with van der Waals surface area (Å²) in [4.78, 5) is 29.4. The number of nitrogens with one attached hydrogen (secondary N) is 3. The summed E-state index contributed by atoms with van der Waals surface area (Å²) in [5.74, 6) is -0.435. The van der Waals surface area contributed by atoms with Crippen LogP contribution in [0.15, 0.2) is 67.1 Å². The second-order valence-corrected chi connectivity index (χ2v) is 10.7. The molecule has 2 atom stereocenters. The molecule has 2 aromatic heterocycles. The molecule has 234 valence electrons. The Morgan fingerprint density at radius 2 is 1.93 bits per heavy atom. The number of hydrogen-bond acceptors (Lipinski definition) is 8. The molecule has 2 amide bonds. The van der Waals surface area contributed by atoms with E-state index in [9.17, 15) is 22.8 Å². The smallest absolute Gasteiger partial charge is 0.411 e. The van der Waals surface area contributed by atoms with Crippen molar-refractivity contribution in [2.45, 2.75) is 43.9 Å². The Morgan fingerprint density at radius 1 is 1.11 bits per heavy atom. The van der Waals surface area contributed by atoms with Crippen molar-refractivity contribution in [3.8, 4) is 16.8 Å². The summed E-state index contributed by atoms with van der Waals surface area (Å²) in [5.41, 5.74) is 3.21. The molecule has 2 aromatic carbocycles. The fourth-order valence-corrected chi connectivity index (χ4v) is 5.17. The van der Waals surface area contributed by atoms with Crippen molar-refractivity contribution in [2.75, 3.05) is 17.7 Å². The van der Waals surface area contributed by atoms with Crippen molar-refractivity contribution < 1.29 is 27.5 Å². The summed E-state index contributed by atoms with van der Waals surface area (Å²) in [6.07, 6.45) is 1.38. The van der Waals surface area contributed by atoms with Crippen molar-refractivity contribution in [3.63, 3.8) is 0 Å². The minimum Gasteiger partial charge on any atom is -0.453 e. The van der Waals surface area contributed by atoms with Gasteiger partial charge in [0.15, 0.2) is 0 Å². The van der Waals surface area contributed by atoms with E-state index in [-0.39, 0.29) is 24.2 Å². The quantitative estimate of drug-likeness (QED) is 0.215. The first-order valence-electron chi connectivity index (χ1n) is 13.9. The molecule has 4 aromatic rings. The summed E-state index contributed by atoms with van der Waals surface area (Å²) >= 11 is 6.18. The zero-order chi connectivity index (χ0) is 32.0. The average molecular weight is 641 g/mol. The minimum atomic E-state index is -4.53. The first-order chi connectivity index (χ1) is 21.6. The molecule has 1 unspecified atom stereocenters. The molecule has 0 saturated heterocycles. The number of ether oxygens (including phenoxy) is 1. The lowest BCUT2D eigenvalue weighted by atomic mass is 9.96. The molecule has 15 heteroatoms. The predicted molar refractivity (Wildman–Crippen MR) is 162 cm³/mol. The monoisotopic (exact) mass is 640 g/mol. The van der Waals surface area contributed by atoms with Gasteiger partial charge in [-0.25, -0.2) is 4.79 Å². The number of tetrazole rings is 1. The van der Waals surface area contributed by atoms with Crippen LogP contribution in [0, 0.1) is 0 Å². The minimum absolute atomic E-state index is 0.173. The lowest BCUT2D eigenvalue weighted by molar-refractivity contribution is -0.144. The molecule has 2 bridgehead atoms. The fourth-order valence-electron chi connectivity index (χ4n) is 4.99. The number of benzene rings is 2. The van der Waals surface area contributed by atoms with Gasteiger partial charge in [0.05, 0.1) is 24.5 Å². The van der Waals surface area contributed by atoms with Crippen LogP contribution in [0.3, 0.4) is 0 Å². The number of amides is 2. The molecule has 5 rings (SSSR count). The molecule has 3 N–H and O–H groups in total. The number of halogens is 4. The standard InChI is InChI=1S/C30H28ClF3N8O3/c1-45-29(44)37-21-8-9-22-18-12-13-35-25(15-18)23(4-2-3-5-27(30(32,33)34)38-24(22)16-21)39-28(43)11-6-19-14-20(31)7-10-26(19)42-17-36-40-41-42/h6-17,23,27,38H,2-5H2,1H3,(H,37,44)(H,39,43)/b11-6+/t23-,27?/m0/s1. The third-order valence-corrected chi connectivity index (χ3v) is 7.41. The molecule has 11 nitrogen and oxygen atoms in total. The maximum Gasteiger partial charge on any atom is 0.411 e. The van der Waals surface area contributed by atoms with Gasteiger partial charge in [-0.05, 0) is 77.4 Å². The summed E-state index contributed by atoms with van der Waals surface area (Å²) in [5, 5.41) is 19.7. The normalized spacial score (nSPS) is 16.9. The Bertz CT molecular complexity index is 1700. The average Bonchev–Trinajstić information content (AvgIpc) is 3.55. The van der Waals surface area contributed by atoms with E-state index >= 15 is 0 Å².